The van der Waals surface area contributed by atoms with E-state index < -0.39 is 11.6 Å². The quantitative estimate of drug-likeness (QED) is 0.818. The molecule has 4 nitrogen and oxygen atoms in total. The average Bonchev–Trinajstić information content (AvgIpc) is 2.70. The predicted molar refractivity (Wildman–Crippen MR) is 67.3 cm³/mol. The van der Waals surface area contributed by atoms with Gasteiger partial charge in [0.15, 0.2) is 11.4 Å². The van der Waals surface area contributed by atoms with Crippen molar-refractivity contribution in [2.75, 3.05) is 7.11 Å². The molecule has 94 valence electrons. The van der Waals surface area contributed by atoms with Crippen LogP contribution in [0.4, 0.5) is 4.39 Å². The van der Waals surface area contributed by atoms with Crippen molar-refractivity contribution in [3.8, 4) is 5.75 Å². The molecule has 0 saturated carbocycles. The molecule has 0 unspecified atom stereocenters. The number of aromatic nitrogens is 2. The lowest BCUT2D eigenvalue weighted by atomic mass is 10.1. The summed E-state index contributed by atoms with van der Waals surface area (Å²) in [5.41, 5.74) is 0.183. The summed E-state index contributed by atoms with van der Waals surface area (Å²) in [4.78, 5) is 12.3. The second kappa shape index (κ2) is 4.89. The highest BCUT2D eigenvalue weighted by molar-refractivity contribution is 9.10. The molecule has 0 aliphatic heterocycles. The smallest absolute Gasteiger partial charge is 0.218 e. The Hall–Kier alpha value is -1.69. The molecule has 0 atom stereocenters. The van der Waals surface area contributed by atoms with Crippen molar-refractivity contribution in [2.45, 2.75) is 0 Å². The number of ketones is 1. The molecule has 0 N–H and O–H groups in total. The highest BCUT2D eigenvalue weighted by Crippen LogP contribution is 2.26. The second-order valence-electron chi connectivity index (χ2n) is 3.61. The molecule has 18 heavy (non-hydrogen) atoms. The van der Waals surface area contributed by atoms with Crippen molar-refractivity contribution in [3.63, 3.8) is 0 Å². The zero-order chi connectivity index (χ0) is 13.3. The third-order valence-corrected chi connectivity index (χ3v) is 3.19. The molecule has 1 aromatic carbocycles. The van der Waals surface area contributed by atoms with Gasteiger partial charge in [0.1, 0.15) is 5.82 Å². The predicted octanol–water partition coefficient (Wildman–Crippen LogP) is 2.56. The van der Waals surface area contributed by atoms with E-state index in [9.17, 15) is 9.18 Å². The molecule has 1 heterocycles. The highest BCUT2D eigenvalue weighted by Gasteiger charge is 2.24. The first-order valence-electron chi connectivity index (χ1n) is 5.11. The van der Waals surface area contributed by atoms with E-state index in [-0.39, 0.29) is 11.3 Å². The van der Waals surface area contributed by atoms with Crippen LogP contribution in [0.15, 0.2) is 28.9 Å². The highest BCUT2D eigenvalue weighted by atomic mass is 79.9. The topological polar surface area (TPSA) is 44.1 Å². The monoisotopic (exact) mass is 312 g/mol. The molecule has 6 heteroatoms. The maximum absolute atomic E-state index is 13.7. The van der Waals surface area contributed by atoms with Gasteiger partial charge in [-0.25, -0.2) is 4.39 Å². The number of nitrogens with zero attached hydrogens (tertiary/aromatic N) is 2. The van der Waals surface area contributed by atoms with E-state index in [1.807, 2.05) is 0 Å². The molecular formula is C12H10BrFN2O2. The van der Waals surface area contributed by atoms with Crippen LogP contribution < -0.4 is 4.74 Å². The molecule has 0 fully saturated rings. The van der Waals surface area contributed by atoms with Crippen molar-refractivity contribution >= 4 is 21.7 Å². The number of aryl methyl sites for hydroxylation is 1. The number of hydrogen-bond donors (Lipinski definition) is 0. The average molecular weight is 313 g/mol. The Morgan fingerprint density at radius 3 is 2.83 bits per heavy atom. The second-order valence-corrected chi connectivity index (χ2v) is 4.47. The summed E-state index contributed by atoms with van der Waals surface area (Å²) in [6, 6.07) is 4.37. The molecule has 0 spiro atoms. The Morgan fingerprint density at radius 1 is 1.50 bits per heavy atom. The summed E-state index contributed by atoms with van der Waals surface area (Å²) in [7, 11) is 3.04. The minimum absolute atomic E-state index is 0.0283. The Kier molecular flexibility index (Phi) is 3.47. The van der Waals surface area contributed by atoms with E-state index in [2.05, 4.69) is 21.0 Å². The van der Waals surface area contributed by atoms with Gasteiger partial charge in [0.2, 0.25) is 5.78 Å². The van der Waals surface area contributed by atoms with Gasteiger partial charge < -0.3 is 4.74 Å². The van der Waals surface area contributed by atoms with Crippen LogP contribution in [0.3, 0.4) is 0 Å². The Morgan fingerprint density at radius 2 is 2.22 bits per heavy atom. The number of hydrogen-bond acceptors (Lipinski definition) is 3. The van der Waals surface area contributed by atoms with E-state index in [1.54, 1.807) is 13.1 Å². The van der Waals surface area contributed by atoms with Crippen molar-refractivity contribution in [1.82, 2.24) is 9.78 Å². The van der Waals surface area contributed by atoms with Crippen molar-refractivity contribution in [1.29, 1.82) is 0 Å². The largest absolute Gasteiger partial charge is 0.493 e. The van der Waals surface area contributed by atoms with E-state index in [0.29, 0.717) is 10.2 Å². The third-order valence-electron chi connectivity index (χ3n) is 2.53. The molecule has 2 aromatic rings. The molecule has 0 aliphatic rings. The molecule has 2 rings (SSSR count). The van der Waals surface area contributed by atoms with Crippen LogP contribution in [-0.2, 0) is 7.05 Å². The lowest BCUT2D eigenvalue weighted by molar-refractivity contribution is 0.102. The minimum atomic E-state index is -0.586. The molecule has 0 saturated heterocycles. The van der Waals surface area contributed by atoms with Crippen molar-refractivity contribution in [2.24, 2.45) is 7.05 Å². The number of methoxy groups -OCH3 is 1. The van der Waals surface area contributed by atoms with Crippen LogP contribution in [-0.4, -0.2) is 22.7 Å². The Bertz CT molecular complexity index is 590. The SMILES string of the molecule is COc1cnn(C)c1C(=O)c1c(F)cccc1Br. The van der Waals surface area contributed by atoms with Gasteiger partial charge in [-0.2, -0.15) is 5.10 Å². The molecule has 0 amide bonds. The number of ether oxygens (including phenoxy) is 1. The Labute approximate surface area is 111 Å². The van der Waals surface area contributed by atoms with Crippen LogP contribution in [0.25, 0.3) is 0 Å². The first-order chi connectivity index (χ1) is 8.56. The first kappa shape index (κ1) is 12.8. The Balaban J connectivity index is 2.58. The lowest BCUT2D eigenvalue weighted by Gasteiger charge is -2.07. The number of carbonyl (C=O) groups excluding carboxylic acids is 1. The molecule has 0 aliphatic carbocycles. The summed E-state index contributed by atoms with van der Waals surface area (Å²) in [6.07, 6.45) is 1.42. The maximum Gasteiger partial charge on any atom is 0.218 e. The van der Waals surface area contributed by atoms with Crippen LogP contribution >= 0.6 is 15.9 Å². The van der Waals surface area contributed by atoms with Gasteiger partial charge in [0.25, 0.3) is 0 Å². The zero-order valence-corrected chi connectivity index (χ0v) is 11.4. The summed E-state index contributed by atoms with van der Waals surface area (Å²) in [5.74, 6) is -0.743. The van der Waals surface area contributed by atoms with E-state index in [0.717, 1.165) is 0 Å². The number of benzene rings is 1. The van der Waals surface area contributed by atoms with Crippen LogP contribution in [0.1, 0.15) is 16.1 Å². The molecular weight excluding hydrogens is 303 g/mol. The normalized spacial score (nSPS) is 10.4. The van der Waals surface area contributed by atoms with Crippen molar-refractivity contribution < 1.29 is 13.9 Å². The van der Waals surface area contributed by atoms with Gasteiger partial charge in [-0.3, -0.25) is 9.48 Å². The number of carbonyl (C=O) groups is 1. The zero-order valence-electron chi connectivity index (χ0n) is 9.78. The lowest BCUT2D eigenvalue weighted by Crippen LogP contribution is -2.12. The molecule has 1 aromatic heterocycles. The summed E-state index contributed by atoms with van der Waals surface area (Å²) >= 11 is 3.17. The van der Waals surface area contributed by atoms with E-state index in [1.165, 1.54) is 30.1 Å². The number of rotatable bonds is 3. The van der Waals surface area contributed by atoms with Crippen LogP contribution in [0.5, 0.6) is 5.75 Å². The summed E-state index contributed by atoms with van der Waals surface area (Å²) in [5, 5.41) is 3.93. The van der Waals surface area contributed by atoms with Crippen LogP contribution in [0.2, 0.25) is 0 Å². The minimum Gasteiger partial charge on any atom is -0.493 e. The molecule has 0 radical (unpaired) electrons. The van der Waals surface area contributed by atoms with Gasteiger partial charge in [-0.05, 0) is 28.1 Å². The summed E-state index contributed by atoms with van der Waals surface area (Å²) in [6.45, 7) is 0. The van der Waals surface area contributed by atoms with Crippen molar-refractivity contribution in [3.05, 3.63) is 45.9 Å². The fourth-order valence-corrected chi connectivity index (χ4v) is 2.18. The van der Waals surface area contributed by atoms with Gasteiger partial charge in [-0.15, -0.1) is 0 Å². The maximum atomic E-state index is 13.7. The fourth-order valence-electron chi connectivity index (χ4n) is 1.66. The molecule has 0 bridgehead atoms. The van der Waals surface area contributed by atoms with E-state index in [4.69, 9.17) is 4.74 Å². The van der Waals surface area contributed by atoms with E-state index >= 15 is 0 Å². The van der Waals surface area contributed by atoms with Gasteiger partial charge in [0, 0.05) is 11.5 Å². The standard InChI is InChI=1S/C12H10BrFN2O2/c1-16-11(9(18-2)6-15-16)12(17)10-7(13)4-3-5-8(10)14/h3-6H,1-2H3. The summed E-state index contributed by atoms with van der Waals surface area (Å²) < 4.78 is 20.5. The fraction of sp³-hybridized carbons (Fsp3) is 0.167. The van der Waals surface area contributed by atoms with Gasteiger partial charge in [-0.1, -0.05) is 6.07 Å². The van der Waals surface area contributed by atoms with Gasteiger partial charge >= 0.3 is 0 Å². The number of halogens is 2. The third kappa shape index (κ3) is 2.03. The van der Waals surface area contributed by atoms with Gasteiger partial charge in [0.05, 0.1) is 18.9 Å². The first-order valence-corrected chi connectivity index (χ1v) is 5.90. The van der Waals surface area contributed by atoms with Crippen LogP contribution in [0, 0.1) is 5.82 Å².